The van der Waals surface area contributed by atoms with Gasteiger partial charge < -0.3 is 23.0 Å². The molecule has 1 aliphatic heterocycles. The first-order valence-corrected chi connectivity index (χ1v) is 28.0. The van der Waals surface area contributed by atoms with Crippen LogP contribution in [0.5, 0.6) is 11.5 Å². The fraction of sp³-hybridized carbons (Fsp3) is 0.260. The van der Waals surface area contributed by atoms with Gasteiger partial charge in [-0.2, -0.15) is 12.1 Å². The number of aryl methyl sites for hydroxylation is 2. The number of pyridine rings is 1. The van der Waals surface area contributed by atoms with E-state index < -0.39 is 5.41 Å². The van der Waals surface area contributed by atoms with Crippen LogP contribution in [-0.4, -0.2) is 18.7 Å². The maximum atomic E-state index is 7.07. The van der Waals surface area contributed by atoms with Crippen molar-refractivity contribution < 1.29 is 30.4 Å². The molecular weight excluding hydrogens is 1160 g/mol. The largest absolute Gasteiger partial charge is 0.510 e. The van der Waals surface area contributed by atoms with Crippen molar-refractivity contribution in [1.29, 1.82) is 0 Å². The van der Waals surface area contributed by atoms with Gasteiger partial charge in [-0.05, 0) is 114 Å². The van der Waals surface area contributed by atoms with Crippen LogP contribution in [0.4, 0.5) is 0 Å². The van der Waals surface area contributed by atoms with Gasteiger partial charge in [0.25, 0.3) is 0 Å². The number of rotatable bonds is 4. The fourth-order valence-corrected chi connectivity index (χ4v) is 13.5. The van der Waals surface area contributed by atoms with Crippen molar-refractivity contribution in [2.24, 2.45) is 7.05 Å². The second-order valence-electron chi connectivity index (χ2n) is 26.6. The zero-order valence-corrected chi connectivity index (χ0v) is 50.7. The van der Waals surface area contributed by atoms with E-state index in [-0.39, 0.29) is 42.7 Å². The summed E-state index contributed by atoms with van der Waals surface area (Å²) in [5.74, 6) is 2.01. The fourth-order valence-electron chi connectivity index (χ4n) is 13.5. The normalized spacial score (nSPS) is 13.9. The molecule has 14 rings (SSSR count). The van der Waals surface area contributed by atoms with Crippen molar-refractivity contribution >= 4 is 54.6 Å². The Balaban J connectivity index is 0.00000605. The molecule has 0 saturated carbocycles. The van der Waals surface area contributed by atoms with Gasteiger partial charge in [0.05, 0.1) is 41.0 Å². The average molecular weight is 1230 g/mol. The molecule has 0 fully saturated rings. The predicted octanol–water partition coefficient (Wildman–Crippen LogP) is 17.4. The quantitative estimate of drug-likeness (QED) is 0.130. The molecular formula is C73H67N5OPt-2. The van der Waals surface area contributed by atoms with Crippen LogP contribution in [0.15, 0.2) is 152 Å². The third-order valence-corrected chi connectivity index (χ3v) is 17.3. The van der Waals surface area contributed by atoms with Crippen LogP contribution in [0.25, 0.3) is 83.0 Å². The third-order valence-electron chi connectivity index (χ3n) is 17.3. The number of nitrogens with zero attached hydrogens (tertiary/aromatic N) is 5. The Morgan fingerprint density at radius 3 is 1.60 bits per heavy atom. The van der Waals surface area contributed by atoms with Crippen molar-refractivity contribution in [3.63, 3.8) is 0 Å². The van der Waals surface area contributed by atoms with Gasteiger partial charge in [0, 0.05) is 54.3 Å². The van der Waals surface area contributed by atoms with Crippen molar-refractivity contribution in [2.45, 2.75) is 117 Å². The molecule has 0 N–H and O–H groups in total. The Hall–Kier alpha value is -7.53. The van der Waals surface area contributed by atoms with E-state index in [9.17, 15) is 0 Å². The van der Waals surface area contributed by atoms with Crippen LogP contribution in [0.2, 0.25) is 0 Å². The summed E-state index contributed by atoms with van der Waals surface area (Å²) in [7, 11) is 2.11. The molecule has 0 amide bonds. The van der Waals surface area contributed by atoms with E-state index in [1.165, 1.54) is 66.4 Å². The van der Waals surface area contributed by atoms with Gasteiger partial charge in [-0.3, -0.25) is 0 Å². The summed E-state index contributed by atoms with van der Waals surface area (Å²) in [5.41, 5.74) is 21.6. The van der Waals surface area contributed by atoms with Crippen molar-refractivity contribution in [1.82, 2.24) is 18.7 Å². The van der Waals surface area contributed by atoms with Crippen molar-refractivity contribution in [3.05, 3.63) is 220 Å². The molecule has 0 radical (unpaired) electrons. The monoisotopic (exact) mass is 1220 g/mol. The molecule has 4 aromatic heterocycles. The molecule has 7 heteroatoms. The van der Waals surface area contributed by atoms with Gasteiger partial charge in [-0.25, -0.2) is 4.98 Å². The standard InChI is InChI=1S/C73H67N5O.Pt/c1-43-34-65(74-41-64(43)77-58-26-18-15-22-48(58)49-23-16-19-27-59(49)77)78-60-28-20-17-24-50(60)51-32-30-46(39-62(51)78)79-47-31-33-54-63(40-47)76-42-75(14)61-29-21-25-55(68(61)76)73(54)66-52(35-44(69(2,3)4)37-56(66)71(8,9)10)53-36-45(70(5,6)7)38-57(67(53)73)72(11,12)13;/h15-38,41H,1-14H3;/q-2;. The summed E-state index contributed by atoms with van der Waals surface area (Å²) < 4.78 is 16.0. The zero-order valence-electron chi connectivity index (χ0n) is 48.4. The zero-order chi connectivity index (χ0) is 55.0. The summed E-state index contributed by atoms with van der Waals surface area (Å²) in [6.45, 7) is 30.7. The molecule has 8 aromatic carbocycles. The molecule has 2 aliphatic rings. The van der Waals surface area contributed by atoms with Gasteiger partial charge in [0.15, 0.2) is 0 Å². The van der Waals surface area contributed by atoms with Crippen LogP contribution in [0.3, 0.4) is 0 Å². The summed E-state index contributed by atoms with van der Waals surface area (Å²) >= 11 is 0. The second-order valence-corrected chi connectivity index (χ2v) is 26.6. The molecule has 1 aliphatic carbocycles. The molecule has 6 nitrogen and oxygen atoms in total. The molecule has 402 valence electrons. The van der Waals surface area contributed by atoms with E-state index in [1.807, 2.05) is 12.3 Å². The van der Waals surface area contributed by atoms with Crippen LogP contribution in [-0.2, 0) is 55.2 Å². The Labute approximate surface area is 485 Å². The number of fused-ring (bicyclic) bond motifs is 15. The number of ether oxygens (including phenoxy) is 1. The molecule has 1 spiro atoms. The Bertz CT molecular complexity index is 4460. The maximum absolute atomic E-state index is 7.07. The van der Waals surface area contributed by atoms with Gasteiger partial charge >= 0.3 is 0 Å². The Kier molecular flexibility index (Phi) is 11.3. The predicted molar refractivity (Wildman–Crippen MR) is 324 cm³/mol. The van der Waals surface area contributed by atoms with E-state index >= 15 is 0 Å². The number of para-hydroxylation sites is 4. The minimum Gasteiger partial charge on any atom is -0.510 e. The number of benzene rings is 8. The van der Waals surface area contributed by atoms with Crippen molar-refractivity contribution in [2.75, 3.05) is 0 Å². The van der Waals surface area contributed by atoms with Crippen molar-refractivity contribution in [3.8, 4) is 39.8 Å². The van der Waals surface area contributed by atoms with E-state index in [4.69, 9.17) is 9.72 Å². The van der Waals surface area contributed by atoms with E-state index in [0.717, 1.165) is 66.6 Å². The average Bonchev–Trinajstić information content (AvgIpc) is 4.34. The summed E-state index contributed by atoms with van der Waals surface area (Å²) in [4.78, 5) is 5.26. The minimum atomic E-state index is -0.712. The molecule has 12 aromatic rings. The molecule has 0 bridgehead atoms. The molecule has 0 saturated heterocycles. The Morgan fingerprint density at radius 1 is 0.525 bits per heavy atom. The summed E-state index contributed by atoms with van der Waals surface area (Å²) in [6.07, 6.45) is 5.79. The first-order chi connectivity index (χ1) is 37.5. The van der Waals surface area contributed by atoms with Gasteiger partial charge in [0.2, 0.25) is 6.33 Å². The maximum Gasteiger partial charge on any atom is 0.242 e. The van der Waals surface area contributed by atoms with Gasteiger partial charge in [0.1, 0.15) is 5.82 Å². The SMILES string of the molecule is Cc1cc(-n2c3[c-]c(Oc4[c-]c5c(cc4)C4(c6c(cc(C(C)(C)C)cc6C(C)(C)C)-c6cc(C(C)(C)C)cc(C(C)(C)C)c64)c4cccc6c4n-5[c-][n+]6C)ccc3c3ccccc32)ncc1-n1c2ccccc2c2ccccc21.[Pt]. The van der Waals surface area contributed by atoms with Crippen LogP contribution >= 0.6 is 0 Å². The third kappa shape index (κ3) is 7.39. The first kappa shape index (κ1) is 51.9. The second kappa shape index (κ2) is 17.5. The van der Waals surface area contributed by atoms with Crippen LogP contribution in [0.1, 0.15) is 133 Å². The minimum absolute atomic E-state index is 0. The Morgan fingerprint density at radius 2 is 1.05 bits per heavy atom. The number of aromatic nitrogens is 5. The summed E-state index contributed by atoms with van der Waals surface area (Å²) in [5, 5.41) is 4.65. The number of imidazole rings is 1. The number of hydrogen-bond donors (Lipinski definition) is 0. The molecule has 0 unspecified atom stereocenters. The van der Waals surface area contributed by atoms with Gasteiger partial charge in [-0.15, -0.1) is 35.2 Å². The van der Waals surface area contributed by atoms with E-state index in [2.05, 4.69) is 273 Å². The van der Waals surface area contributed by atoms with Crippen LogP contribution < -0.4 is 9.30 Å². The van der Waals surface area contributed by atoms with Gasteiger partial charge in [-0.1, -0.05) is 191 Å². The molecule has 0 atom stereocenters. The summed E-state index contributed by atoms with van der Waals surface area (Å²) in [6, 6.07) is 61.5. The molecule has 5 heterocycles. The molecule has 80 heavy (non-hydrogen) atoms. The topological polar surface area (TPSA) is 40.8 Å². The van der Waals surface area contributed by atoms with E-state index in [0.29, 0.717) is 11.5 Å². The van der Waals surface area contributed by atoms with E-state index in [1.54, 1.807) is 0 Å². The van der Waals surface area contributed by atoms with Crippen LogP contribution in [0, 0.1) is 25.4 Å². The smallest absolute Gasteiger partial charge is 0.242 e. The number of hydrogen-bond acceptors (Lipinski definition) is 2. The first-order valence-electron chi connectivity index (χ1n) is 28.0.